The Hall–Kier alpha value is -2.17. The molecule has 2 aromatic rings. The Morgan fingerprint density at radius 3 is 2.62 bits per heavy atom. The highest BCUT2D eigenvalue weighted by Gasteiger charge is 2.10. The molecule has 0 aliphatic carbocycles. The minimum Gasteiger partial charge on any atom is -0.479 e. The van der Waals surface area contributed by atoms with E-state index in [1.165, 1.54) is 0 Å². The van der Waals surface area contributed by atoms with Crippen molar-refractivity contribution in [1.82, 2.24) is 15.0 Å². The lowest BCUT2D eigenvalue weighted by molar-refractivity contribution is 0.397. The minimum atomic E-state index is 0.458. The Labute approximate surface area is 93.3 Å². The summed E-state index contributed by atoms with van der Waals surface area (Å²) in [6.07, 6.45) is 3.18. The number of anilines is 1. The monoisotopic (exact) mass is 216 g/mol. The fraction of sp³-hybridized carbons (Fsp3) is 0.182. The van der Waals surface area contributed by atoms with Crippen LogP contribution < -0.4 is 10.5 Å². The predicted octanol–water partition coefficient (Wildman–Crippen LogP) is 1.44. The number of pyridine rings is 1. The molecule has 0 atom stereocenters. The van der Waals surface area contributed by atoms with E-state index in [1.807, 2.05) is 6.92 Å². The van der Waals surface area contributed by atoms with Crippen molar-refractivity contribution in [3.63, 3.8) is 0 Å². The number of hydrogen-bond donors (Lipinski definition) is 1. The molecule has 2 rings (SSSR count). The zero-order valence-electron chi connectivity index (χ0n) is 9.14. The number of hydrogen-bond acceptors (Lipinski definition) is 5. The van der Waals surface area contributed by atoms with Crippen LogP contribution in [0.4, 0.5) is 5.69 Å². The molecule has 0 aliphatic heterocycles. The molecule has 82 valence electrons. The van der Waals surface area contributed by atoms with Gasteiger partial charge in [0.1, 0.15) is 0 Å². The van der Waals surface area contributed by atoms with E-state index in [0.717, 1.165) is 5.69 Å². The molecule has 5 nitrogen and oxygen atoms in total. The molecule has 2 N–H and O–H groups in total. The van der Waals surface area contributed by atoms with E-state index < -0.39 is 0 Å². The topological polar surface area (TPSA) is 73.9 Å². The second-order valence-corrected chi connectivity index (χ2v) is 3.29. The van der Waals surface area contributed by atoms with Crippen molar-refractivity contribution in [2.75, 3.05) is 12.8 Å². The first-order valence-electron chi connectivity index (χ1n) is 4.81. The van der Waals surface area contributed by atoms with E-state index in [-0.39, 0.29) is 0 Å². The van der Waals surface area contributed by atoms with E-state index in [4.69, 9.17) is 10.5 Å². The summed E-state index contributed by atoms with van der Waals surface area (Å²) in [5.74, 6) is 0.458. The fourth-order valence-corrected chi connectivity index (χ4v) is 1.35. The van der Waals surface area contributed by atoms with Crippen LogP contribution in [0.1, 0.15) is 5.69 Å². The molecular weight excluding hydrogens is 204 g/mol. The lowest BCUT2D eigenvalue weighted by Gasteiger charge is -2.06. The van der Waals surface area contributed by atoms with Gasteiger partial charge in [0, 0.05) is 12.4 Å². The maximum absolute atomic E-state index is 5.71. The number of aryl methyl sites for hydroxylation is 1. The van der Waals surface area contributed by atoms with Gasteiger partial charge in [-0.2, -0.15) is 0 Å². The third kappa shape index (κ3) is 1.79. The predicted molar refractivity (Wildman–Crippen MR) is 61.0 cm³/mol. The van der Waals surface area contributed by atoms with Gasteiger partial charge in [-0.05, 0) is 19.1 Å². The summed E-state index contributed by atoms with van der Waals surface area (Å²) >= 11 is 0. The lowest BCUT2D eigenvalue weighted by atomic mass is 10.2. The molecule has 0 radical (unpaired) electrons. The van der Waals surface area contributed by atoms with Gasteiger partial charge in [-0.15, -0.1) is 0 Å². The first kappa shape index (κ1) is 10.4. The number of ether oxygens (including phenoxy) is 1. The maximum atomic E-state index is 5.71. The number of nitrogens with zero attached hydrogens (tertiary/aromatic N) is 3. The van der Waals surface area contributed by atoms with Gasteiger partial charge in [-0.3, -0.25) is 0 Å². The van der Waals surface area contributed by atoms with Crippen LogP contribution >= 0.6 is 0 Å². The Morgan fingerprint density at radius 1 is 1.19 bits per heavy atom. The highest BCUT2D eigenvalue weighted by molar-refractivity contribution is 5.62. The Morgan fingerprint density at radius 2 is 1.94 bits per heavy atom. The van der Waals surface area contributed by atoms with Crippen molar-refractivity contribution in [1.29, 1.82) is 0 Å². The van der Waals surface area contributed by atoms with Gasteiger partial charge in [0.05, 0.1) is 24.2 Å². The molecule has 0 fully saturated rings. The second-order valence-electron chi connectivity index (χ2n) is 3.29. The molecular formula is C11H12N4O. The Balaban J connectivity index is 2.54. The van der Waals surface area contributed by atoms with E-state index in [2.05, 4.69) is 15.0 Å². The van der Waals surface area contributed by atoms with Gasteiger partial charge in [-0.25, -0.2) is 15.0 Å². The van der Waals surface area contributed by atoms with Crippen LogP contribution in [-0.4, -0.2) is 22.1 Å². The molecule has 0 aliphatic rings. The largest absolute Gasteiger partial charge is 0.479 e. The third-order valence-corrected chi connectivity index (χ3v) is 2.23. The minimum absolute atomic E-state index is 0.458. The highest BCUT2D eigenvalue weighted by atomic mass is 16.5. The number of methoxy groups -OCH3 is 1. The van der Waals surface area contributed by atoms with E-state index >= 15 is 0 Å². The maximum Gasteiger partial charge on any atom is 0.241 e. The van der Waals surface area contributed by atoms with Gasteiger partial charge in [0.15, 0.2) is 5.69 Å². The molecule has 16 heavy (non-hydrogen) atoms. The van der Waals surface area contributed by atoms with Crippen LogP contribution in [0.3, 0.4) is 0 Å². The van der Waals surface area contributed by atoms with Crippen LogP contribution in [0.5, 0.6) is 5.88 Å². The zero-order valence-corrected chi connectivity index (χ0v) is 9.14. The van der Waals surface area contributed by atoms with E-state index in [1.54, 1.807) is 31.6 Å². The standard InChI is InChI=1S/C11H12N4O/c1-7-8(12)3-4-9(15-7)10-11(16-2)14-6-5-13-10/h3-6H,12H2,1-2H3. The van der Waals surface area contributed by atoms with E-state index in [0.29, 0.717) is 23.0 Å². The van der Waals surface area contributed by atoms with E-state index in [9.17, 15) is 0 Å². The molecule has 2 heterocycles. The molecule has 0 saturated heterocycles. The summed E-state index contributed by atoms with van der Waals surface area (Å²) < 4.78 is 5.12. The Kier molecular flexibility index (Phi) is 2.68. The zero-order chi connectivity index (χ0) is 11.5. The number of nitrogens with two attached hydrogens (primary N) is 1. The highest BCUT2D eigenvalue weighted by Crippen LogP contribution is 2.24. The van der Waals surface area contributed by atoms with Gasteiger partial charge in [0.2, 0.25) is 5.88 Å². The lowest BCUT2D eigenvalue weighted by Crippen LogP contribution is -1.98. The summed E-state index contributed by atoms with van der Waals surface area (Å²) in [6, 6.07) is 3.60. The summed E-state index contributed by atoms with van der Waals surface area (Å²) in [7, 11) is 1.55. The summed E-state index contributed by atoms with van der Waals surface area (Å²) in [6.45, 7) is 1.85. The van der Waals surface area contributed by atoms with Crippen molar-refractivity contribution in [2.24, 2.45) is 0 Å². The van der Waals surface area contributed by atoms with Crippen molar-refractivity contribution >= 4 is 5.69 Å². The molecule has 0 amide bonds. The number of nitrogen functional groups attached to an aromatic ring is 1. The molecule has 0 aromatic carbocycles. The fourth-order valence-electron chi connectivity index (χ4n) is 1.35. The quantitative estimate of drug-likeness (QED) is 0.822. The molecule has 2 aromatic heterocycles. The molecule has 0 unspecified atom stereocenters. The van der Waals surface area contributed by atoms with Crippen LogP contribution in [0.15, 0.2) is 24.5 Å². The van der Waals surface area contributed by atoms with Crippen LogP contribution in [0.25, 0.3) is 11.4 Å². The van der Waals surface area contributed by atoms with Gasteiger partial charge in [0.25, 0.3) is 0 Å². The molecule has 5 heteroatoms. The van der Waals surface area contributed by atoms with Crippen molar-refractivity contribution in [2.45, 2.75) is 6.92 Å². The average molecular weight is 216 g/mol. The SMILES string of the molecule is COc1nccnc1-c1ccc(N)c(C)n1. The second kappa shape index (κ2) is 4.14. The summed E-state index contributed by atoms with van der Waals surface area (Å²) in [5, 5.41) is 0. The van der Waals surface area contributed by atoms with Crippen LogP contribution in [-0.2, 0) is 0 Å². The van der Waals surface area contributed by atoms with Crippen LogP contribution in [0.2, 0.25) is 0 Å². The summed E-state index contributed by atoms with van der Waals surface area (Å²) in [4.78, 5) is 12.6. The van der Waals surface area contributed by atoms with Crippen molar-refractivity contribution < 1.29 is 4.74 Å². The smallest absolute Gasteiger partial charge is 0.241 e. The first-order chi connectivity index (χ1) is 7.72. The molecule has 0 spiro atoms. The normalized spacial score (nSPS) is 10.1. The molecule has 0 saturated carbocycles. The number of aromatic nitrogens is 3. The third-order valence-electron chi connectivity index (χ3n) is 2.23. The summed E-state index contributed by atoms with van der Waals surface area (Å²) in [5.41, 5.74) is 8.46. The first-order valence-corrected chi connectivity index (χ1v) is 4.81. The molecule has 0 bridgehead atoms. The number of rotatable bonds is 2. The van der Waals surface area contributed by atoms with Crippen molar-refractivity contribution in [3.05, 3.63) is 30.2 Å². The van der Waals surface area contributed by atoms with Gasteiger partial charge < -0.3 is 10.5 Å². The van der Waals surface area contributed by atoms with Gasteiger partial charge >= 0.3 is 0 Å². The van der Waals surface area contributed by atoms with Crippen LogP contribution in [0, 0.1) is 6.92 Å². The Bertz CT molecular complexity index is 513. The average Bonchev–Trinajstić information content (AvgIpc) is 2.32. The van der Waals surface area contributed by atoms with Gasteiger partial charge in [-0.1, -0.05) is 0 Å². The van der Waals surface area contributed by atoms with Crippen molar-refractivity contribution in [3.8, 4) is 17.3 Å².